The minimum atomic E-state index is 0.571. The molecule has 0 spiro atoms. The molecule has 4 heteroatoms. The molecule has 1 N–H and O–H groups in total. The maximum absolute atomic E-state index is 6.09. The summed E-state index contributed by atoms with van der Waals surface area (Å²) < 4.78 is 7.14. The van der Waals surface area contributed by atoms with Crippen LogP contribution < -0.4 is 10.1 Å². The van der Waals surface area contributed by atoms with E-state index in [1.54, 1.807) is 0 Å². The van der Waals surface area contributed by atoms with Crippen LogP contribution in [0.1, 0.15) is 22.3 Å². The monoisotopic (exact) mass is 443 g/mol. The van der Waals surface area contributed by atoms with Gasteiger partial charge in [0.15, 0.2) is 0 Å². The van der Waals surface area contributed by atoms with Crippen molar-refractivity contribution in [2.75, 3.05) is 6.54 Å². The van der Waals surface area contributed by atoms with Crippen LogP contribution in [0.2, 0.25) is 5.02 Å². The Balaban J connectivity index is 1.56. The summed E-state index contributed by atoms with van der Waals surface area (Å²) in [5.74, 6) is 0.915. The molecule has 0 heterocycles. The lowest BCUT2D eigenvalue weighted by Crippen LogP contribution is -2.17. The van der Waals surface area contributed by atoms with Gasteiger partial charge in [0.05, 0.1) is 0 Å². The minimum Gasteiger partial charge on any atom is -0.489 e. The van der Waals surface area contributed by atoms with Crippen LogP contribution in [-0.4, -0.2) is 6.54 Å². The second-order valence-electron chi connectivity index (χ2n) is 6.58. The Morgan fingerprint density at radius 2 is 1.78 bits per heavy atom. The predicted octanol–water partition coefficient (Wildman–Crippen LogP) is 6.32. The van der Waals surface area contributed by atoms with Crippen molar-refractivity contribution in [3.8, 4) is 5.75 Å². The van der Waals surface area contributed by atoms with E-state index in [0.717, 1.165) is 40.3 Å². The first-order chi connectivity index (χ1) is 13.1. The van der Waals surface area contributed by atoms with Gasteiger partial charge in [-0.1, -0.05) is 69.5 Å². The number of aryl methyl sites for hydroxylation is 1. The molecule has 0 bridgehead atoms. The summed E-state index contributed by atoms with van der Waals surface area (Å²) in [6, 6.07) is 22.6. The molecule has 0 radical (unpaired) electrons. The van der Waals surface area contributed by atoms with E-state index in [-0.39, 0.29) is 0 Å². The molecule has 3 aromatic carbocycles. The number of halogens is 2. The van der Waals surface area contributed by atoms with Gasteiger partial charge in [-0.25, -0.2) is 0 Å². The number of rotatable bonds is 8. The first-order valence-electron chi connectivity index (χ1n) is 9.02. The van der Waals surface area contributed by atoms with Crippen molar-refractivity contribution >= 4 is 27.5 Å². The Morgan fingerprint density at radius 1 is 0.963 bits per heavy atom. The van der Waals surface area contributed by atoms with E-state index >= 15 is 0 Å². The third-order valence-corrected chi connectivity index (χ3v) is 5.06. The van der Waals surface area contributed by atoms with Crippen molar-refractivity contribution in [3.05, 3.63) is 98.5 Å². The molecule has 0 aliphatic carbocycles. The second kappa shape index (κ2) is 9.93. The van der Waals surface area contributed by atoms with E-state index in [1.807, 2.05) is 24.3 Å². The van der Waals surface area contributed by atoms with E-state index in [9.17, 15) is 0 Å². The van der Waals surface area contributed by atoms with Gasteiger partial charge in [0.2, 0.25) is 0 Å². The maximum Gasteiger partial charge on any atom is 0.124 e. The number of hydrogen-bond donors (Lipinski definition) is 1. The Labute approximate surface area is 174 Å². The molecule has 0 saturated carbocycles. The SMILES string of the molecule is Cc1cccc(COc2ccc(Br)cc2CNCCc2ccc(Cl)cc2)c1. The highest BCUT2D eigenvalue weighted by Gasteiger charge is 2.06. The summed E-state index contributed by atoms with van der Waals surface area (Å²) in [5.41, 5.74) is 4.85. The molecule has 0 saturated heterocycles. The Morgan fingerprint density at radius 3 is 2.56 bits per heavy atom. The summed E-state index contributed by atoms with van der Waals surface area (Å²) in [7, 11) is 0. The molecule has 0 aliphatic heterocycles. The van der Waals surface area contributed by atoms with Crippen LogP contribution in [0.15, 0.2) is 71.2 Å². The Kier molecular flexibility index (Phi) is 7.33. The number of hydrogen-bond acceptors (Lipinski definition) is 2. The lowest BCUT2D eigenvalue weighted by Gasteiger charge is -2.13. The van der Waals surface area contributed by atoms with Crippen LogP contribution in [0, 0.1) is 6.92 Å². The fourth-order valence-corrected chi connectivity index (χ4v) is 3.43. The van der Waals surface area contributed by atoms with Gasteiger partial charge < -0.3 is 10.1 Å². The summed E-state index contributed by atoms with van der Waals surface area (Å²) in [6.45, 7) is 4.32. The molecular weight excluding hydrogens is 422 g/mol. The van der Waals surface area contributed by atoms with Crippen LogP contribution in [0.5, 0.6) is 5.75 Å². The van der Waals surface area contributed by atoms with Gasteiger partial charge in [-0.15, -0.1) is 0 Å². The fraction of sp³-hybridized carbons (Fsp3) is 0.217. The molecule has 27 heavy (non-hydrogen) atoms. The van der Waals surface area contributed by atoms with Crippen molar-refractivity contribution in [2.24, 2.45) is 0 Å². The number of benzene rings is 3. The van der Waals surface area contributed by atoms with E-state index in [4.69, 9.17) is 16.3 Å². The topological polar surface area (TPSA) is 21.3 Å². The van der Waals surface area contributed by atoms with Crippen LogP contribution in [0.25, 0.3) is 0 Å². The average Bonchev–Trinajstić information content (AvgIpc) is 2.66. The third-order valence-electron chi connectivity index (χ3n) is 4.32. The Hall–Kier alpha value is -1.81. The van der Waals surface area contributed by atoms with Gasteiger partial charge in [0, 0.05) is 21.6 Å². The largest absolute Gasteiger partial charge is 0.489 e. The van der Waals surface area contributed by atoms with Crippen molar-refractivity contribution in [1.29, 1.82) is 0 Å². The zero-order valence-electron chi connectivity index (χ0n) is 15.3. The summed E-state index contributed by atoms with van der Waals surface area (Å²) in [6.07, 6.45) is 0.963. The lowest BCUT2D eigenvalue weighted by atomic mass is 10.1. The van der Waals surface area contributed by atoms with E-state index < -0.39 is 0 Å². The smallest absolute Gasteiger partial charge is 0.124 e. The number of nitrogens with one attached hydrogen (secondary N) is 1. The van der Waals surface area contributed by atoms with E-state index in [2.05, 4.69) is 70.6 Å². The van der Waals surface area contributed by atoms with Crippen LogP contribution >= 0.6 is 27.5 Å². The number of ether oxygens (including phenoxy) is 1. The minimum absolute atomic E-state index is 0.571. The van der Waals surface area contributed by atoms with Gasteiger partial charge >= 0.3 is 0 Å². The molecule has 0 fully saturated rings. The molecule has 0 aliphatic rings. The zero-order valence-corrected chi connectivity index (χ0v) is 17.7. The second-order valence-corrected chi connectivity index (χ2v) is 7.94. The molecule has 3 aromatic rings. The first kappa shape index (κ1) is 19.9. The predicted molar refractivity (Wildman–Crippen MR) is 117 cm³/mol. The highest BCUT2D eigenvalue weighted by atomic mass is 79.9. The van der Waals surface area contributed by atoms with Gasteiger partial charge in [-0.2, -0.15) is 0 Å². The molecular formula is C23H23BrClNO. The van der Waals surface area contributed by atoms with Crippen molar-refractivity contribution in [2.45, 2.75) is 26.5 Å². The standard InChI is InChI=1S/C23H23BrClNO/c1-17-3-2-4-19(13-17)16-27-23-10-7-21(24)14-20(23)15-26-12-11-18-5-8-22(25)9-6-18/h2-10,13-14,26H,11-12,15-16H2,1H3. The van der Waals surface area contributed by atoms with E-state index in [0.29, 0.717) is 6.61 Å². The quantitative estimate of drug-likeness (QED) is 0.410. The molecule has 2 nitrogen and oxygen atoms in total. The summed E-state index contributed by atoms with van der Waals surface area (Å²) >= 11 is 9.49. The maximum atomic E-state index is 6.09. The summed E-state index contributed by atoms with van der Waals surface area (Å²) in [4.78, 5) is 0. The van der Waals surface area contributed by atoms with Gasteiger partial charge in [-0.3, -0.25) is 0 Å². The van der Waals surface area contributed by atoms with Crippen molar-refractivity contribution in [1.82, 2.24) is 5.32 Å². The van der Waals surface area contributed by atoms with Gasteiger partial charge in [0.1, 0.15) is 12.4 Å². The molecule has 0 amide bonds. The highest BCUT2D eigenvalue weighted by molar-refractivity contribution is 9.10. The van der Waals surface area contributed by atoms with Gasteiger partial charge in [-0.05, 0) is 61.3 Å². The van der Waals surface area contributed by atoms with Gasteiger partial charge in [0.25, 0.3) is 0 Å². The third kappa shape index (κ3) is 6.39. The molecule has 3 rings (SSSR count). The van der Waals surface area contributed by atoms with E-state index in [1.165, 1.54) is 16.7 Å². The summed E-state index contributed by atoms with van der Waals surface area (Å²) in [5, 5.41) is 4.28. The zero-order chi connectivity index (χ0) is 19.1. The lowest BCUT2D eigenvalue weighted by molar-refractivity contribution is 0.302. The van der Waals surface area contributed by atoms with Crippen LogP contribution in [-0.2, 0) is 19.6 Å². The van der Waals surface area contributed by atoms with Crippen LogP contribution in [0.4, 0.5) is 0 Å². The van der Waals surface area contributed by atoms with Crippen molar-refractivity contribution in [3.63, 3.8) is 0 Å². The van der Waals surface area contributed by atoms with Crippen LogP contribution in [0.3, 0.4) is 0 Å². The molecule has 0 unspecified atom stereocenters. The van der Waals surface area contributed by atoms with Crippen molar-refractivity contribution < 1.29 is 4.74 Å². The molecule has 140 valence electrons. The normalized spacial score (nSPS) is 10.8. The average molecular weight is 445 g/mol. The molecule has 0 atom stereocenters. The first-order valence-corrected chi connectivity index (χ1v) is 10.2. The highest BCUT2D eigenvalue weighted by Crippen LogP contribution is 2.24. The Bertz CT molecular complexity index is 880. The fourth-order valence-electron chi connectivity index (χ4n) is 2.90. The molecule has 0 aromatic heterocycles.